The summed E-state index contributed by atoms with van der Waals surface area (Å²) < 4.78 is 13.5. The fourth-order valence-corrected chi connectivity index (χ4v) is 3.53. The van der Waals surface area contributed by atoms with Gasteiger partial charge in [0.2, 0.25) is 0 Å². The van der Waals surface area contributed by atoms with Crippen LogP contribution >= 0.6 is 34.5 Å². The second-order valence-corrected chi connectivity index (χ2v) is 6.81. The van der Waals surface area contributed by atoms with Crippen LogP contribution in [-0.4, -0.2) is 4.98 Å². The van der Waals surface area contributed by atoms with Crippen molar-refractivity contribution in [1.82, 2.24) is 10.3 Å². The van der Waals surface area contributed by atoms with Crippen LogP contribution in [0.2, 0.25) is 10.0 Å². The lowest BCUT2D eigenvalue weighted by Crippen LogP contribution is -2.13. The number of hydrogen-bond donors (Lipinski definition) is 1. The molecule has 0 unspecified atom stereocenters. The molecule has 1 aromatic heterocycles. The van der Waals surface area contributed by atoms with Gasteiger partial charge in [0.25, 0.3) is 0 Å². The quantitative estimate of drug-likeness (QED) is 0.640. The first-order chi connectivity index (χ1) is 11.1. The molecule has 0 aliphatic heterocycles. The summed E-state index contributed by atoms with van der Waals surface area (Å²) in [6, 6.07) is 12.3. The number of thiazole rings is 1. The zero-order valence-corrected chi connectivity index (χ0v) is 14.4. The first-order valence-corrected chi connectivity index (χ1v) is 8.55. The Balaban J connectivity index is 1.66. The number of nitrogens with one attached hydrogen (secondary N) is 1. The molecule has 2 aromatic carbocycles. The van der Waals surface area contributed by atoms with Gasteiger partial charge in [-0.15, -0.1) is 11.3 Å². The van der Waals surface area contributed by atoms with Crippen molar-refractivity contribution in [1.29, 1.82) is 0 Å². The van der Waals surface area contributed by atoms with Crippen LogP contribution in [0.3, 0.4) is 0 Å². The second-order valence-electron chi connectivity index (χ2n) is 4.91. The van der Waals surface area contributed by atoms with E-state index in [2.05, 4.69) is 10.3 Å². The third-order valence-electron chi connectivity index (χ3n) is 3.32. The van der Waals surface area contributed by atoms with Crippen LogP contribution < -0.4 is 5.32 Å². The molecule has 3 aromatic rings. The molecule has 0 aliphatic rings. The van der Waals surface area contributed by atoms with Gasteiger partial charge in [0.05, 0.1) is 14.9 Å². The van der Waals surface area contributed by atoms with Crippen LogP contribution in [0.1, 0.15) is 10.6 Å². The van der Waals surface area contributed by atoms with Crippen LogP contribution in [0.25, 0.3) is 10.4 Å². The van der Waals surface area contributed by atoms with Gasteiger partial charge in [-0.25, -0.2) is 9.37 Å². The van der Waals surface area contributed by atoms with E-state index < -0.39 is 0 Å². The van der Waals surface area contributed by atoms with Crippen molar-refractivity contribution in [3.63, 3.8) is 0 Å². The summed E-state index contributed by atoms with van der Waals surface area (Å²) in [5.41, 5.74) is 1.51. The van der Waals surface area contributed by atoms with E-state index in [1.165, 1.54) is 17.4 Å². The van der Waals surface area contributed by atoms with E-state index in [0.717, 1.165) is 15.4 Å². The van der Waals surface area contributed by atoms with E-state index in [4.69, 9.17) is 23.2 Å². The predicted molar refractivity (Wildman–Crippen MR) is 94.5 cm³/mol. The van der Waals surface area contributed by atoms with Crippen molar-refractivity contribution in [2.75, 3.05) is 0 Å². The molecular formula is C17H13Cl2FN2S. The predicted octanol–water partition coefficient (Wildman–Crippen LogP) is 5.55. The van der Waals surface area contributed by atoms with Gasteiger partial charge in [0.1, 0.15) is 10.8 Å². The average molecular weight is 367 g/mol. The van der Waals surface area contributed by atoms with Gasteiger partial charge >= 0.3 is 0 Å². The zero-order valence-electron chi connectivity index (χ0n) is 12.0. The molecule has 0 bridgehead atoms. The van der Waals surface area contributed by atoms with Gasteiger partial charge in [-0.2, -0.15) is 0 Å². The molecule has 2 nitrogen and oxygen atoms in total. The fraction of sp³-hybridized carbons (Fsp3) is 0.118. The van der Waals surface area contributed by atoms with E-state index in [0.29, 0.717) is 28.7 Å². The minimum Gasteiger partial charge on any atom is -0.306 e. The number of benzene rings is 2. The molecule has 6 heteroatoms. The molecule has 0 atom stereocenters. The molecule has 1 N–H and O–H groups in total. The summed E-state index contributed by atoms with van der Waals surface area (Å²) in [7, 11) is 0. The van der Waals surface area contributed by atoms with Crippen molar-refractivity contribution in [3.05, 3.63) is 75.1 Å². The monoisotopic (exact) mass is 366 g/mol. The first-order valence-electron chi connectivity index (χ1n) is 6.98. The lowest BCUT2D eigenvalue weighted by atomic mass is 10.2. The maximum Gasteiger partial charge on any atom is 0.127 e. The SMILES string of the molecule is Fc1ccccc1CNCc1ncc(-c2cccc(Cl)c2Cl)s1. The van der Waals surface area contributed by atoms with Gasteiger partial charge in [-0.3, -0.25) is 0 Å². The molecule has 1 heterocycles. The number of nitrogens with zero attached hydrogens (tertiary/aromatic N) is 1. The molecule has 0 fully saturated rings. The van der Waals surface area contributed by atoms with Gasteiger partial charge in [0, 0.05) is 30.4 Å². The summed E-state index contributed by atoms with van der Waals surface area (Å²) in [5, 5.41) is 5.16. The van der Waals surface area contributed by atoms with Crippen molar-refractivity contribution in [2.24, 2.45) is 0 Å². The van der Waals surface area contributed by atoms with E-state index in [9.17, 15) is 4.39 Å². The van der Waals surface area contributed by atoms with Gasteiger partial charge in [0.15, 0.2) is 0 Å². The van der Waals surface area contributed by atoms with Crippen molar-refractivity contribution < 1.29 is 4.39 Å². The molecule has 3 rings (SSSR count). The second kappa shape index (κ2) is 7.41. The van der Waals surface area contributed by atoms with Crippen molar-refractivity contribution in [2.45, 2.75) is 13.1 Å². The summed E-state index contributed by atoms with van der Waals surface area (Å²) in [4.78, 5) is 5.34. The Morgan fingerprint density at radius 1 is 1.04 bits per heavy atom. The lowest BCUT2D eigenvalue weighted by molar-refractivity contribution is 0.587. The van der Waals surface area contributed by atoms with E-state index in [1.54, 1.807) is 24.4 Å². The number of rotatable bonds is 5. The smallest absolute Gasteiger partial charge is 0.127 e. The Morgan fingerprint density at radius 3 is 2.70 bits per heavy atom. The highest BCUT2D eigenvalue weighted by Crippen LogP contribution is 2.36. The molecule has 0 saturated carbocycles. The van der Waals surface area contributed by atoms with Crippen LogP contribution in [-0.2, 0) is 13.1 Å². The van der Waals surface area contributed by atoms with Crippen LogP contribution in [0.4, 0.5) is 4.39 Å². The van der Waals surface area contributed by atoms with Crippen molar-refractivity contribution in [3.8, 4) is 10.4 Å². The molecule has 23 heavy (non-hydrogen) atoms. The first kappa shape index (κ1) is 16.4. The van der Waals surface area contributed by atoms with Gasteiger partial charge < -0.3 is 5.32 Å². The molecule has 0 amide bonds. The van der Waals surface area contributed by atoms with Crippen molar-refractivity contribution >= 4 is 34.5 Å². The maximum absolute atomic E-state index is 13.5. The lowest BCUT2D eigenvalue weighted by Gasteiger charge is -2.04. The summed E-state index contributed by atoms with van der Waals surface area (Å²) in [6.07, 6.45) is 1.78. The van der Waals surface area contributed by atoms with Crippen LogP contribution in [0.15, 0.2) is 48.7 Å². The summed E-state index contributed by atoms with van der Waals surface area (Å²) in [6.45, 7) is 1.02. The van der Waals surface area contributed by atoms with Gasteiger partial charge in [-0.1, -0.05) is 53.5 Å². The molecule has 0 aliphatic carbocycles. The third kappa shape index (κ3) is 3.90. The van der Waals surface area contributed by atoms with Crippen LogP contribution in [0.5, 0.6) is 0 Å². The Kier molecular flexibility index (Phi) is 5.28. The summed E-state index contributed by atoms with van der Waals surface area (Å²) in [5.74, 6) is -0.203. The Labute approximate surface area is 147 Å². The minimum atomic E-state index is -0.203. The Morgan fingerprint density at radius 2 is 1.87 bits per heavy atom. The molecule has 118 valence electrons. The Bertz CT molecular complexity index is 820. The standard InChI is InChI=1S/C17H13Cl2FN2S/c18-13-6-3-5-12(17(13)19)15-9-22-16(23-15)10-21-8-11-4-1-2-7-14(11)20/h1-7,9,21H,8,10H2. The highest BCUT2D eigenvalue weighted by atomic mass is 35.5. The van der Waals surface area contributed by atoms with Gasteiger partial charge in [-0.05, 0) is 12.1 Å². The third-order valence-corrected chi connectivity index (χ3v) is 5.17. The highest BCUT2D eigenvalue weighted by Gasteiger charge is 2.10. The largest absolute Gasteiger partial charge is 0.306 e. The maximum atomic E-state index is 13.5. The number of aromatic nitrogens is 1. The molecule has 0 radical (unpaired) electrons. The van der Waals surface area contributed by atoms with E-state index in [1.807, 2.05) is 18.2 Å². The number of hydrogen-bond acceptors (Lipinski definition) is 3. The molecular weight excluding hydrogens is 354 g/mol. The highest BCUT2D eigenvalue weighted by molar-refractivity contribution is 7.15. The molecule has 0 saturated heterocycles. The topological polar surface area (TPSA) is 24.9 Å². The Hall–Kier alpha value is -1.46. The number of halogens is 3. The average Bonchev–Trinajstić information content (AvgIpc) is 3.00. The normalized spacial score (nSPS) is 10.9. The van der Waals surface area contributed by atoms with E-state index >= 15 is 0 Å². The molecule has 0 spiro atoms. The summed E-state index contributed by atoms with van der Waals surface area (Å²) >= 11 is 13.8. The van der Waals surface area contributed by atoms with Crippen LogP contribution in [0, 0.1) is 5.82 Å². The zero-order chi connectivity index (χ0) is 16.2. The minimum absolute atomic E-state index is 0.203. The fourth-order valence-electron chi connectivity index (χ4n) is 2.16. The van der Waals surface area contributed by atoms with E-state index in [-0.39, 0.29) is 5.82 Å².